The minimum Gasteiger partial charge on any atom is -0.378 e. The molecule has 0 amide bonds. The van der Waals surface area contributed by atoms with E-state index in [0.717, 1.165) is 24.1 Å². The summed E-state index contributed by atoms with van der Waals surface area (Å²) in [6.45, 7) is 4.19. The molecular formula is C17H19ClFN. The van der Waals surface area contributed by atoms with Crippen molar-refractivity contribution in [2.45, 2.75) is 32.7 Å². The summed E-state index contributed by atoms with van der Waals surface area (Å²) in [5.41, 5.74) is 3.31. The predicted octanol–water partition coefficient (Wildman–Crippen LogP) is 5.60. The average Bonchev–Trinajstić information content (AvgIpc) is 2.41. The first-order valence-electron chi connectivity index (χ1n) is 6.91. The van der Waals surface area contributed by atoms with Crippen molar-refractivity contribution in [2.75, 3.05) is 5.32 Å². The highest BCUT2D eigenvalue weighted by Crippen LogP contribution is 2.28. The van der Waals surface area contributed by atoms with Gasteiger partial charge in [0.2, 0.25) is 0 Å². The maximum atomic E-state index is 13.1. The number of hydrogen-bond donors (Lipinski definition) is 1. The van der Waals surface area contributed by atoms with Gasteiger partial charge in [-0.25, -0.2) is 4.39 Å². The van der Waals surface area contributed by atoms with Gasteiger partial charge in [-0.2, -0.15) is 0 Å². The maximum absolute atomic E-state index is 13.1. The number of aryl methyl sites for hydroxylation is 1. The van der Waals surface area contributed by atoms with Crippen LogP contribution in [-0.2, 0) is 6.42 Å². The zero-order chi connectivity index (χ0) is 14.5. The van der Waals surface area contributed by atoms with E-state index in [9.17, 15) is 4.39 Å². The first kappa shape index (κ1) is 14.9. The van der Waals surface area contributed by atoms with E-state index in [1.54, 1.807) is 6.07 Å². The maximum Gasteiger partial charge on any atom is 0.124 e. The molecule has 0 radical (unpaired) electrons. The second-order valence-electron chi connectivity index (χ2n) is 4.94. The summed E-state index contributed by atoms with van der Waals surface area (Å²) in [7, 11) is 0. The summed E-state index contributed by atoms with van der Waals surface area (Å²) in [6, 6.07) is 12.8. The molecule has 0 aromatic heterocycles. The normalized spacial score (nSPS) is 12.2. The summed E-state index contributed by atoms with van der Waals surface area (Å²) in [6.07, 6.45) is 2.14. The average molecular weight is 292 g/mol. The van der Waals surface area contributed by atoms with Gasteiger partial charge in [0, 0.05) is 10.7 Å². The van der Waals surface area contributed by atoms with Gasteiger partial charge in [0.1, 0.15) is 5.82 Å². The first-order valence-corrected chi connectivity index (χ1v) is 7.29. The largest absolute Gasteiger partial charge is 0.378 e. The predicted molar refractivity (Wildman–Crippen MR) is 83.9 cm³/mol. The van der Waals surface area contributed by atoms with E-state index in [1.807, 2.05) is 19.1 Å². The molecule has 1 N–H and O–H groups in total. The van der Waals surface area contributed by atoms with Crippen LogP contribution in [0, 0.1) is 5.82 Å². The fourth-order valence-corrected chi connectivity index (χ4v) is 2.64. The molecular weight excluding hydrogens is 273 g/mol. The molecule has 0 saturated heterocycles. The van der Waals surface area contributed by atoms with Gasteiger partial charge in [-0.1, -0.05) is 49.2 Å². The topological polar surface area (TPSA) is 12.0 Å². The quantitative estimate of drug-likeness (QED) is 0.755. The lowest BCUT2D eigenvalue weighted by molar-refractivity contribution is 0.626. The molecule has 0 heterocycles. The van der Waals surface area contributed by atoms with Crippen LogP contribution in [0.4, 0.5) is 10.1 Å². The van der Waals surface area contributed by atoms with Crippen molar-refractivity contribution in [1.82, 2.24) is 0 Å². The molecule has 20 heavy (non-hydrogen) atoms. The Morgan fingerprint density at radius 2 is 1.95 bits per heavy atom. The molecule has 3 heteroatoms. The Bertz CT molecular complexity index is 583. The van der Waals surface area contributed by atoms with Crippen LogP contribution in [0.5, 0.6) is 0 Å². The lowest BCUT2D eigenvalue weighted by Gasteiger charge is -2.19. The number of nitrogens with one attached hydrogen (secondary N) is 1. The molecule has 2 rings (SSSR count). The fraction of sp³-hybridized carbons (Fsp3) is 0.294. The SMILES string of the molecule is CCCc1ccccc1NC(C)c1ccc(F)cc1Cl. The third kappa shape index (κ3) is 3.51. The van der Waals surface area contributed by atoms with E-state index < -0.39 is 0 Å². The van der Waals surface area contributed by atoms with Crippen LogP contribution in [0.3, 0.4) is 0 Å². The Morgan fingerprint density at radius 1 is 1.20 bits per heavy atom. The van der Waals surface area contributed by atoms with Gasteiger partial charge in [-0.15, -0.1) is 0 Å². The molecule has 0 bridgehead atoms. The number of para-hydroxylation sites is 1. The van der Waals surface area contributed by atoms with Gasteiger partial charge >= 0.3 is 0 Å². The lowest BCUT2D eigenvalue weighted by Crippen LogP contribution is -2.09. The van der Waals surface area contributed by atoms with Gasteiger partial charge in [0.25, 0.3) is 0 Å². The van der Waals surface area contributed by atoms with Crippen molar-refractivity contribution in [2.24, 2.45) is 0 Å². The first-order chi connectivity index (χ1) is 9.61. The van der Waals surface area contributed by atoms with E-state index in [4.69, 9.17) is 11.6 Å². The Balaban J connectivity index is 2.21. The molecule has 0 aliphatic carbocycles. The molecule has 1 unspecified atom stereocenters. The summed E-state index contributed by atoms with van der Waals surface area (Å²) < 4.78 is 13.1. The highest BCUT2D eigenvalue weighted by molar-refractivity contribution is 6.31. The van der Waals surface area contributed by atoms with Gasteiger partial charge in [0.15, 0.2) is 0 Å². The minimum absolute atomic E-state index is 0.0288. The van der Waals surface area contributed by atoms with Crippen molar-refractivity contribution in [3.05, 3.63) is 64.4 Å². The monoisotopic (exact) mass is 291 g/mol. The Morgan fingerprint density at radius 3 is 2.65 bits per heavy atom. The van der Waals surface area contributed by atoms with Crippen molar-refractivity contribution in [3.8, 4) is 0 Å². The molecule has 1 atom stereocenters. The van der Waals surface area contributed by atoms with Crippen LogP contribution in [0.25, 0.3) is 0 Å². The van der Waals surface area contributed by atoms with E-state index in [0.29, 0.717) is 5.02 Å². The number of anilines is 1. The van der Waals surface area contributed by atoms with Gasteiger partial charge in [-0.05, 0) is 42.7 Å². The zero-order valence-corrected chi connectivity index (χ0v) is 12.5. The van der Waals surface area contributed by atoms with Crippen LogP contribution in [0.1, 0.15) is 37.4 Å². The van der Waals surface area contributed by atoms with Crippen LogP contribution >= 0.6 is 11.6 Å². The van der Waals surface area contributed by atoms with Gasteiger partial charge in [0.05, 0.1) is 6.04 Å². The van der Waals surface area contributed by atoms with Crippen LogP contribution in [0.2, 0.25) is 5.02 Å². The smallest absolute Gasteiger partial charge is 0.124 e. The number of halogens is 2. The Labute approximate surface area is 124 Å². The van der Waals surface area contributed by atoms with Crippen molar-refractivity contribution in [1.29, 1.82) is 0 Å². The third-order valence-electron chi connectivity index (χ3n) is 3.34. The zero-order valence-electron chi connectivity index (χ0n) is 11.8. The third-order valence-corrected chi connectivity index (χ3v) is 3.67. The standard InChI is InChI=1S/C17H19ClFN/c1-3-6-13-7-4-5-8-17(13)20-12(2)15-10-9-14(19)11-16(15)18/h4-5,7-12,20H,3,6H2,1-2H3. The minimum atomic E-state index is -0.308. The Hall–Kier alpha value is -1.54. The summed E-state index contributed by atoms with van der Waals surface area (Å²) in [5, 5.41) is 3.92. The fourth-order valence-electron chi connectivity index (χ4n) is 2.31. The highest BCUT2D eigenvalue weighted by Gasteiger charge is 2.11. The summed E-state index contributed by atoms with van der Waals surface area (Å²) in [4.78, 5) is 0. The molecule has 1 nitrogen and oxygen atoms in total. The van der Waals surface area contributed by atoms with Crippen molar-refractivity contribution >= 4 is 17.3 Å². The van der Waals surface area contributed by atoms with E-state index in [1.165, 1.54) is 17.7 Å². The van der Waals surface area contributed by atoms with E-state index in [2.05, 4.69) is 24.4 Å². The number of benzene rings is 2. The van der Waals surface area contributed by atoms with Gasteiger partial charge < -0.3 is 5.32 Å². The molecule has 2 aromatic rings. The van der Waals surface area contributed by atoms with E-state index in [-0.39, 0.29) is 11.9 Å². The molecule has 0 aliphatic heterocycles. The molecule has 106 valence electrons. The van der Waals surface area contributed by atoms with Crippen LogP contribution < -0.4 is 5.32 Å². The van der Waals surface area contributed by atoms with Crippen LogP contribution in [-0.4, -0.2) is 0 Å². The van der Waals surface area contributed by atoms with Gasteiger partial charge in [-0.3, -0.25) is 0 Å². The second kappa shape index (κ2) is 6.76. The molecule has 0 spiro atoms. The lowest BCUT2D eigenvalue weighted by atomic mass is 10.0. The Kier molecular flexibility index (Phi) is 5.02. The van der Waals surface area contributed by atoms with Crippen LogP contribution in [0.15, 0.2) is 42.5 Å². The highest BCUT2D eigenvalue weighted by atomic mass is 35.5. The van der Waals surface area contributed by atoms with Crippen molar-refractivity contribution < 1.29 is 4.39 Å². The second-order valence-corrected chi connectivity index (χ2v) is 5.35. The van der Waals surface area contributed by atoms with E-state index >= 15 is 0 Å². The molecule has 0 saturated carbocycles. The molecule has 2 aromatic carbocycles. The number of rotatable bonds is 5. The summed E-state index contributed by atoms with van der Waals surface area (Å²) >= 11 is 6.11. The number of hydrogen-bond acceptors (Lipinski definition) is 1. The van der Waals surface area contributed by atoms with Crippen molar-refractivity contribution in [3.63, 3.8) is 0 Å². The molecule has 0 fully saturated rings. The summed E-state index contributed by atoms with van der Waals surface area (Å²) in [5.74, 6) is -0.308. The molecule has 0 aliphatic rings.